The lowest BCUT2D eigenvalue weighted by molar-refractivity contribution is 0.0953. The fraction of sp³-hybridized carbons (Fsp3) is 0.267. The summed E-state index contributed by atoms with van der Waals surface area (Å²) < 4.78 is 5.75. The number of aryl methyl sites for hydroxylation is 2. The molecule has 0 aliphatic rings. The summed E-state index contributed by atoms with van der Waals surface area (Å²) in [4.78, 5) is 19.9. The van der Waals surface area contributed by atoms with Crippen LogP contribution in [0.2, 0.25) is 0 Å². The molecule has 0 atom stereocenters. The molecule has 2 aromatic rings. The number of carbonyl (C=O) groups is 1. The molecule has 0 unspecified atom stereocenters. The van der Waals surface area contributed by atoms with Crippen LogP contribution >= 0.6 is 0 Å². The van der Waals surface area contributed by atoms with Crippen LogP contribution in [0.5, 0.6) is 5.75 Å². The van der Waals surface area contributed by atoms with Crippen LogP contribution in [0.15, 0.2) is 30.5 Å². The summed E-state index contributed by atoms with van der Waals surface area (Å²) in [5, 5.41) is 0. The predicted octanol–water partition coefficient (Wildman–Crippen LogP) is 1.53. The van der Waals surface area contributed by atoms with Gasteiger partial charge in [0, 0.05) is 11.9 Å². The molecule has 0 bridgehead atoms. The largest absolute Gasteiger partial charge is 0.485 e. The number of carbonyl (C=O) groups excluding carboxylic acids is 1. The van der Waals surface area contributed by atoms with Gasteiger partial charge in [-0.15, -0.1) is 0 Å². The third-order valence-electron chi connectivity index (χ3n) is 3.00. The summed E-state index contributed by atoms with van der Waals surface area (Å²) in [5.41, 5.74) is 5.09. The van der Waals surface area contributed by atoms with E-state index in [1.165, 1.54) is 6.20 Å². The molecule has 0 spiro atoms. The summed E-state index contributed by atoms with van der Waals surface area (Å²) in [6.07, 6.45) is 2.27. The van der Waals surface area contributed by atoms with Crippen molar-refractivity contribution in [1.29, 1.82) is 0 Å². The highest BCUT2D eigenvalue weighted by molar-refractivity contribution is 5.93. The van der Waals surface area contributed by atoms with E-state index in [1.807, 2.05) is 26.0 Å². The highest BCUT2D eigenvalue weighted by atomic mass is 16.5. The van der Waals surface area contributed by atoms with Crippen molar-refractivity contribution in [2.75, 3.05) is 0 Å². The Morgan fingerprint density at radius 1 is 1.33 bits per heavy atom. The monoisotopic (exact) mass is 286 g/mol. The van der Waals surface area contributed by atoms with Crippen LogP contribution in [0.25, 0.3) is 0 Å². The second-order valence-corrected chi connectivity index (χ2v) is 4.55. The van der Waals surface area contributed by atoms with E-state index in [0.29, 0.717) is 12.2 Å². The Kier molecular flexibility index (Phi) is 4.84. The maximum atomic E-state index is 11.3. The average molecular weight is 286 g/mol. The van der Waals surface area contributed by atoms with Gasteiger partial charge in [0.15, 0.2) is 0 Å². The maximum Gasteiger partial charge on any atom is 0.266 e. The van der Waals surface area contributed by atoms with Gasteiger partial charge >= 0.3 is 0 Å². The second kappa shape index (κ2) is 6.81. The first kappa shape index (κ1) is 14.9. The zero-order valence-corrected chi connectivity index (χ0v) is 12.1. The van der Waals surface area contributed by atoms with Crippen LogP contribution in [0.4, 0.5) is 0 Å². The van der Waals surface area contributed by atoms with Crippen molar-refractivity contribution >= 4 is 5.91 Å². The molecule has 0 radical (unpaired) electrons. The van der Waals surface area contributed by atoms with Crippen molar-refractivity contribution in [3.05, 3.63) is 53.1 Å². The Hall–Kier alpha value is -2.47. The van der Waals surface area contributed by atoms with E-state index < -0.39 is 0 Å². The minimum atomic E-state index is -0.369. The molecular weight excluding hydrogens is 268 g/mol. The number of nitrogens with zero attached hydrogens (tertiary/aromatic N) is 2. The zero-order chi connectivity index (χ0) is 15.2. The van der Waals surface area contributed by atoms with E-state index in [0.717, 1.165) is 29.3 Å². The normalized spacial score (nSPS) is 10.2. The Morgan fingerprint density at radius 3 is 2.76 bits per heavy atom. The molecule has 0 fully saturated rings. The van der Waals surface area contributed by atoms with Gasteiger partial charge in [-0.1, -0.05) is 6.92 Å². The fourth-order valence-electron chi connectivity index (χ4n) is 1.86. The van der Waals surface area contributed by atoms with Gasteiger partial charge in [0.25, 0.3) is 5.91 Å². The van der Waals surface area contributed by atoms with Gasteiger partial charge in [0.2, 0.25) is 0 Å². The van der Waals surface area contributed by atoms with Crippen molar-refractivity contribution in [2.24, 2.45) is 5.84 Å². The number of pyridine rings is 2. The molecular formula is C15H18N4O2. The smallest absolute Gasteiger partial charge is 0.266 e. The van der Waals surface area contributed by atoms with Crippen molar-refractivity contribution in [1.82, 2.24) is 15.4 Å². The van der Waals surface area contributed by atoms with Crippen molar-refractivity contribution < 1.29 is 9.53 Å². The third-order valence-corrected chi connectivity index (χ3v) is 3.00. The van der Waals surface area contributed by atoms with Gasteiger partial charge in [-0.05, 0) is 37.6 Å². The minimum absolute atomic E-state index is 0.322. The number of rotatable bonds is 5. The quantitative estimate of drug-likeness (QED) is 0.494. The molecule has 6 nitrogen and oxygen atoms in total. The Bertz CT molecular complexity index is 626. The summed E-state index contributed by atoms with van der Waals surface area (Å²) in [7, 11) is 0. The number of hydrogen-bond acceptors (Lipinski definition) is 5. The number of nitrogens with one attached hydrogen (secondary N) is 1. The first-order valence-corrected chi connectivity index (χ1v) is 6.69. The summed E-state index contributed by atoms with van der Waals surface area (Å²) >= 11 is 0. The average Bonchev–Trinajstić information content (AvgIpc) is 2.53. The minimum Gasteiger partial charge on any atom is -0.485 e. The molecule has 6 heteroatoms. The molecule has 0 aliphatic heterocycles. The fourth-order valence-corrected chi connectivity index (χ4v) is 1.86. The van der Waals surface area contributed by atoms with Crippen LogP contribution in [-0.4, -0.2) is 15.9 Å². The molecule has 2 rings (SSSR count). The number of hydrazine groups is 1. The van der Waals surface area contributed by atoms with Gasteiger partial charge in [-0.25, -0.2) is 5.84 Å². The number of amides is 1. The molecule has 0 saturated heterocycles. The molecule has 21 heavy (non-hydrogen) atoms. The van der Waals surface area contributed by atoms with E-state index in [4.69, 9.17) is 10.6 Å². The highest BCUT2D eigenvalue weighted by Gasteiger charge is 2.07. The van der Waals surface area contributed by atoms with E-state index >= 15 is 0 Å². The maximum absolute atomic E-state index is 11.3. The molecule has 2 heterocycles. The van der Waals surface area contributed by atoms with Crippen LogP contribution in [0.3, 0.4) is 0 Å². The molecule has 0 saturated carbocycles. The second-order valence-electron chi connectivity index (χ2n) is 4.55. The van der Waals surface area contributed by atoms with Gasteiger partial charge in [0.05, 0.1) is 17.0 Å². The first-order valence-electron chi connectivity index (χ1n) is 6.69. The molecule has 110 valence electrons. The lowest BCUT2D eigenvalue weighted by Gasteiger charge is -2.10. The Balaban J connectivity index is 2.05. The standard InChI is InChI=1S/C15H18N4O2/c1-3-13-14(7-4-10(2)18-13)21-9-12-6-5-11(8-17-12)15(20)19-16/h4-8H,3,9,16H2,1-2H3,(H,19,20). The molecule has 1 amide bonds. The zero-order valence-electron chi connectivity index (χ0n) is 12.1. The van der Waals surface area contributed by atoms with Gasteiger partial charge < -0.3 is 4.74 Å². The Labute approximate surface area is 123 Å². The number of hydrogen-bond donors (Lipinski definition) is 2. The molecule has 2 aromatic heterocycles. The van der Waals surface area contributed by atoms with Crippen molar-refractivity contribution in [3.8, 4) is 5.75 Å². The van der Waals surface area contributed by atoms with Crippen LogP contribution in [0, 0.1) is 6.92 Å². The summed E-state index contributed by atoms with van der Waals surface area (Å²) in [6, 6.07) is 7.22. The summed E-state index contributed by atoms with van der Waals surface area (Å²) in [6.45, 7) is 4.31. The van der Waals surface area contributed by atoms with Crippen LogP contribution < -0.4 is 16.0 Å². The van der Waals surface area contributed by atoms with Crippen LogP contribution in [0.1, 0.15) is 34.4 Å². The van der Waals surface area contributed by atoms with Crippen molar-refractivity contribution in [3.63, 3.8) is 0 Å². The van der Waals surface area contributed by atoms with E-state index in [1.54, 1.807) is 12.1 Å². The predicted molar refractivity (Wildman–Crippen MR) is 78.6 cm³/mol. The number of nitrogens with two attached hydrogens (primary N) is 1. The number of nitrogen functional groups attached to an aromatic ring is 1. The van der Waals surface area contributed by atoms with E-state index in [9.17, 15) is 4.79 Å². The van der Waals surface area contributed by atoms with Gasteiger partial charge in [-0.3, -0.25) is 20.2 Å². The van der Waals surface area contributed by atoms with Gasteiger partial charge in [0.1, 0.15) is 12.4 Å². The topological polar surface area (TPSA) is 90.1 Å². The molecule has 0 aliphatic carbocycles. The molecule has 3 N–H and O–H groups in total. The number of aromatic nitrogens is 2. The number of ether oxygens (including phenoxy) is 1. The highest BCUT2D eigenvalue weighted by Crippen LogP contribution is 2.18. The first-order chi connectivity index (χ1) is 10.1. The molecule has 0 aromatic carbocycles. The Morgan fingerprint density at radius 2 is 2.14 bits per heavy atom. The summed E-state index contributed by atoms with van der Waals surface area (Å²) in [5.74, 6) is 5.45. The third kappa shape index (κ3) is 3.76. The lowest BCUT2D eigenvalue weighted by atomic mass is 10.2. The van der Waals surface area contributed by atoms with E-state index in [-0.39, 0.29) is 5.91 Å². The lowest BCUT2D eigenvalue weighted by Crippen LogP contribution is -2.30. The van der Waals surface area contributed by atoms with Gasteiger partial charge in [-0.2, -0.15) is 0 Å². The van der Waals surface area contributed by atoms with Crippen molar-refractivity contribution in [2.45, 2.75) is 26.9 Å². The SMILES string of the molecule is CCc1nc(C)ccc1OCc1ccc(C(=O)NN)cn1. The van der Waals surface area contributed by atoms with E-state index in [2.05, 4.69) is 15.4 Å². The van der Waals surface area contributed by atoms with Crippen LogP contribution in [-0.2, 0) is 13.0 Å².